The SMILES string of the molecule is CC1C(c2ccc(-c3ccc4c(c3)c3ccccc3n4-c3ccccc3)cc2)=CC=C2c3ccccc3N(Cc3ccc(/C4=C/C(c5ccccn5)=N/C(c5ccccc5)=C\CC4)cc3)C21. The maximum absolute atomic E-state index is 5.20. The van der Waals surface area contributed by atoms with Gasteiger partial charge in [0.2, 0.25) is 0 Å². The summed E-state index contributed by atoms with van der Waals surface area (Å²) >= 11 is 0. The predicted octanol–water partition coefficient (Wildman–Crippen LogP) is 15.1. The number of hydrogen-bond donors (Lipinski definition) is 0. The number of rotatable bonds is 8. The van der Waals surface area contributed by atoms with Crippen LogP contribution in [0, 0.1) is 5.92 Å². The summed E-state index contributed by atoms with van der Waals surface area (Å²) in [6.07, 6.45) is 12.9. The topological polar surface area (TPSA) is 33.4 Å². The van der Waals surface area contributed by atoms with E-state index in [0.717, 1.165) is 42.1 Å². The lowest BCUT2D eigenvalue weighted by molar-refractivity contribution is 0.600. The Morgan fingerprint density at radius 1 is 0.561 bits per heavy atom. The summed E-state index contributed by atoms with van der Waals surface area (Å²) in [5, 5.41) is 2.54. The molecule has 0 bridgehead atoms. The van der Waals surface area contributed by atoms with E-state index >= 15 is 0 Å². The molecule has 1 aliphatic carbocycles. The lowest BCUT2D eigenvalue weighted by Crippen LogP contribution is -2.37. The minimum absolute atomic E-state index is 0.224. The molecular weight excluding hydrogens is 801 g/mol. The number of anilines is 1. The highest BCUT2D eigenvalue weighted by atomic mass is 15.2. The van der Waals surface area contributed by atoms with Crippen LogP contribution >= 0.6 is 0 Å². The monoisotopic (exact) mass is 848 g/mol. The van der Waals surface area contributed by atoms with Crippen molar-refractivity contribution in [1.29, 1.82) is 0 Å². The van der Waals surface area contributed by atoms with E-state index in [9.17, 15) is 0 Å². The lowest BCUT2D eigenvalue weighted by atomic mass is 9.79. The van der Waals surface area contributed by atoms with Gasteiger partial charge >= 0.3 is 0 Å². The average Bonchev–Trinajstić information content (AvgIpc) is 3.88. The van der Waals surface area contributed by atoms with E-state index in [4.69, 9.17) is 9.98 Å². The normalized spacial score (nSPS) is 19.3. The zero-order valence-electron chi connectivity index (χ0n) is 36.9. The maximum atomic E-state index is 5.20. The molecule has 2 atom stereocenters. The molecule has 4 nitrogen and oxygen atoms in total. The molecule has 9 aromatic rings. The van der Waals surface area contributed by atoms with Gasteiger partial charge in [-0.3, -0.25) is 4.98 Å². The predicted molar refractivity (Wildman–Crippen MR) is 277 cm³/mol. The molecule has 3 aliphatic rings. The zero-order valence-corrected chi connectivity index (χ0v) is 36.9. The number of benzene rings is 7. The minimum atomic E-state index is 0.224. The van der Waals surface area contributed by atoms with Crippen LogP contribution in [-0.2, 0) is 6.54 Å². The van der Waals surface area contributed by atoms with Crippen LogP contribution < -0.4 is 4.90 Å². The van der Waals surface area contributed by atoms with E-state index in [2.05, 4.69) is 217 Å². The molecule has 12 rings (SSSR count). The highest BCUT2D eigenvalue weighted by Gasteiger charge is 2.40. The highest BCUT2D eigenvalue weighted by Crippen LogP contribution is 2.49. The second kappa shape index (κ2) is 16.8. The van der Waals surface area contributed by atoms with Crippen molar-refractivity contribution >= 4 is 55.6 Å². The van der Waals surface area contributed by atoms with Crippen molar-refractivity contribution in [3.05, 3.63) is 258 Å². The van der Waals surface area contributed by atoms with Gasteiger partial charge in [-0.1, -0.05) is 171 Å². The number of fused-ring (bicyclic) bond motifs is 6. The van der Waals surface area contributed by atoms with Crippen molar-refractivity contribution in [3.8, 4) is 16.8 Å². The molecule has 2 aliphatic heterocycles. The number of nitrogens with zero attached hydrogens (tertiary/aromatic N) is 4. The zero-order chi connectivity index (χ0) is 44.0. The number of para-hydroxylation sites is 3. The van der Waals surface area contributed by atoms with Gasteiger partial charge in [0.25, 0.3) is 0 Å². The van der Waals surface area contributed by atoms with Crippen molar-refractivity contribution < 1.29 is 0 Å². The van der Waals surface area contributed by atoms with E-state index in [1.807, 2.05) is 24.4 Å². The maximum Gasteiger partial charge on any atom is 0.0896 e. The molecule has 2 aromatic heterocycles. The minimum Gasteiger partial charge on any atom is -0.359 e. The van der Waals surface area contributed by atoms with Crippen molar-refractivity contribution in [2.75, 3.05) is 4.90 Å². The average molecular weight is 849 g/mol. The summed E-state index contributed by atoms with van der Waals surface area (Å²) in [6, 6.07) is 70.5. The van der Waals surface area contributed by atoms with Crippen LogP contribution in [0.1, 0.15) is 53.3 Å². The Labute approximate surface area is 386 Å². The van der Waals surface area contributed by atoms with Crippen LogP contribution in [0.4, 0.5) is 5.69 Å². The standard InChI is InChI=1S/C62H48N4/c1-42-51(46-32-30-45(31-33-46)49-34-37-61-55(39-49)53-21-9-11-25-60(53)66(61)50-18-6-3-7-19-50)35-36-54-52-20-8-10-24-59(52)65(62(42)54)41-43-26-28-44(29-27-43)48-17-14-23-56(47-15-4-2-5-16-47)64-58(40-48)57-22-12-13-38-63-57/h2-13,15-16,18-40,42,62H,14,17,41H2,1H3/b48-40+,56-23-,64-58-. The Hall–Kier alpha value is -8.08. The molecule has 0 saturated carbocycles. The van der Waals surface area contributed by atoms with Gasteiger partial charge in [-0.2, -0.15) is 0 Å². The second-order valence-corrected chi connectivity index (χ2v) is 17.7. The molecule has 66 heavy (non-hydrogen) atoms. The number of aliphatic imine (C=N–C) groups is 1. The Kier molecular flexibility index (Phi) is 10.1. The molecular formula is C62H48N4. The van der Waals surface area contributed by atoms with E-state index in [1.165, 1.54) is 83.3 Å². The first kappa shape index (κ1) is 39.5. The number of hydrogen-bond acceptors (Lipinski definition) is 3. The van der Waals surface area contributed by atoms with Crippen molar-refractivity contribution in [2.24, 2.45) is 10.9 Å². The molecule has 4 heteroatoms. The third-order valence-corrected chi connectivity index (χ3v) is 13.8. The Bertz CT molecular complexity index is 3430. The van der Waals surface area contributed by atoms with E-state index in [1.54, 1.807) is 0 Å². The fraction of sp³-hybridized carbons (Fsp3) is 0.0968. The molecule has 0 amide bonds. The van der Waals surface area contributed by atoms with Crippen molar-refractivity contribution in [2.45, 2.75) is 32.4 Å². The molecule has 7 aromatic carbocycles. The largest absolute Gasteiger partial charge is 0.359 e. The smallest absolute Gasteiger partial charge is 0.0896 e. The summed E-state index contributed by atoms with van der Waals surface area (Å²) in [7, 11) is 0. The van der Waals surface area contributed by atoms with Gasteiger partial charge in [-0.25, -0.2) is 4.99 Å². The van der Waals surface area contributed by atoms with Crippen molar-refractivity contribution in [1.82, 2.24) is 9.55 Å². The Balaban J connectivity index is 0.814. The van der Waals surface area contributed by atoms with Crippen LogP contribution in [-0.4, -0.2) is 21.3 Å². The van der Waals surface area contributed by atoms with Crippen LogP contribution in [0.2, 0.25) is 0 Å². The first-order chi connectivity index (χ1) is 32.6. The molecule has 316 valence electrons. The fourth-order valence-corrected chi connectivity index (χ4v) is 10.6. The van der Waals surface area contributed by atoms with Crippen LogP contribution in [0.3, 0.4) is 0 Å². The van der Waals surface area contributed by atoms with Crippen molar-refractivity contribution in [3.63, 3.8) is 0 Å². The molecule has 0 fully saturated rings. The van der Waals surface area contributed by atoms with E-state index < -0.39 is 0 Å². The molecule has 0 saturated heterocycles. The highest BCUT2D eigenvalue weighted by molar-refractivity contribution is 6.13. The summed E-state index contributed by atoms with van der Waals surface area (Å²) in [5.74, 6) is 0.279. The Morgan fingerprint density at radius 3 is 2.06 bits per heavy atom. The number of aromatic nitrogens is 2. The van der Waals surface area contributed by atoms with Crippen LogP contribution in [0.25, 0.3) is 61.0 Å². The van der Waals surface area contributed by atoms with Crippen LogP contribution in [0.5, 0.6) is 0 Å². The van der Waals surface area contributed by atoms with Gasteiger partial charge in [-0.05, 0) is 118 Å². The van der Waals surface area contributed by atoms with Gasteiger partial charge in [0.15, 0.2) is 0 Å². The number of pyridine rings is 1. The first-order valence-electron chi connectivity index (χ1n) is 23.2. The molecule has 0 spiro atoms. The lowest BCUT2D eigenvalue weighted by Gasteiger charge is -2.36. The molecule has 2 unspecified atom stereocenters. The molecule has 4 heterocycles. The second-order valence-electron chi connectivity index (χ2n) is 17.7. The molecule has 0 N–H and O–H groups in total. The summed E-state index contributed by atoms with van der Waals surface area (Å²) in [6.45, 7) is 3.23. The van der Waals surface area contributed by atoms with Gasteiger partial charge in [0, 0.05) is 46.4 Å². The van der Waals surface area contributed by atoms with Gasteiger partial charge in [0.05, 0.1) is 34.2 Å². The Morgan fingerprint density at radius 2 is 1.24 bits per heavy atom. The first-order valence-corrected chi connectivity index (χ1v) is 23.2. The quantitative estimate of drug-likeness (QED) is 0.153. The summed E-state index contributed by atoms with van der Waals surface area (Å²) < 4.78 is 2.38. The van der Waals surface area contributed by atoms with E-state index in [-0.39, 0.29) is 12.0 Å². The summed E-state index contributed by atoms with van der Waals surface area (Å²) in [5.41, 5.74) is 20.4. The van der Waals surface area contributed by atoms with Gasteiger partial charge in [-0.15, -0.1) is 0 Å². The number of allylic oxidation sites excluding steroid dienone is 5. The third-order valence-electron chi connectivity index (χ3n) is 13.8. The van der Waals surface area contributed by atoms with E-state index in [0.29, 0.717) is 0 Å². The third kappa shape index (κ3) is 7.12. The molecule has 0 radical (unpaired) electrons. The fourth-order valence-electron chi connectivity index (χ4n) is 10.6. The summed E-state index contributed by atoms with van der Waals surface area (Å²) in [4.78, 5) is 12.5. The van der Waals surface area contributed by atoms with Gasteiger partial charge < -0.3 is 9.47 Å². The van der Waals surface area contributed by atoms with Gasteiger partial charge in [0.1, 0.15) is 0 Å². The van der Waals surface area contributed by atoms with Crippen LogP contribution in [0.15, 0.2) is 230 Å².